The summed E-state index contributed by atoms with van der Waals surface area (Å²) in [5, 5.41) is 8.73. The summed E-state index contributed by atoms with van der Waals surface area (Å²) in [6.45, 7) is 4.69. The molecule has 0 atom stereocenters. The van der Waals surface area contributed by atoms with E-state index in [4.69, 9.17) is 9.62 Å². The molecule has 0 saturated carbocycles. The van der Waals surface area contributed by atoms with E-state index >= 15 is 0 Å². The van der Waals surface area contributed by atoms with Gasteiger partial charge in [0, 0.05) is 11.5 Å². The van der Waals surface area contributed by atoms with E-state index in [0.29, 0.717) is 11.0 Å². The highest BCUT2D eigenvalue weighted by Crippen LogP contribution is 2.31. The van der Waals surface area contributed by atoms with E-state index in [-0.39, 0.29) is 10.7 Å². The molecule has 1 fully saturated rings. The Hall–Kier alpha value is -1.14. The van der Waals surface area contributed by atoms with E-state index in [9.17, 15) is 0 Å². The lowest BCUT2D eigenvalue weighted by Crippen LogP contribution is -2.24. The average Bonchev–Trinajstić information content (AvgIpc) is 2.33. The van der Waals surface area contributed by atoms with E-state index in [1.807, 2.05) is 24.3 Å². The maximum atomic E-state index is 8.73. The molecule has 0 unspecified atom stereocenters. The van der Waals surface area contributed by atoms with Gasteiger partial charge in [0.25, 0.3) is 0 Å². The molecule has 1 aromatic carbocycles. The molecule has 0 N–H and O–H groups in total. The normalized spacial score (nSPS) is 19.6. The SMILES string of the molecule is CC1(C)CCS(=Nc2ccc(C#N)cc2)CC1. The van der Waals surface area contributed by atoms with Crippen molar-refractivity contribution in [1.82, 2.24) is 0 Å². The Morgan fingerprint density at radius 1 is 1.18 bits per heavy atom. The van der Waals surface area contributed by atoms with Gasteiger partial charge in [0.05, 0.1) is 17.3 Å². The molecule has 1 aliphatic rings. The smallest absolute Gasteiger partial charge is 0.0991 e. The first-order chi connectivity index (χ1) is 8.09. The van der Waals surface area contributed by atoms with Gasteiger partial charge in [-0.2, -0.15) is 5.26 Å². The minimum Gasteiger partial charge on any atom is -0.228 e. The second-order valence-corrected chi connectivity index (χ2v) is 7.21. The first-order valence-electron chi connectivity index (χ1n) is 5.99. The topological polar surface area (TPSA) is 36.1 Å². The predicted octanol–water partition coefficient (Wildman–Crippen LogP) is 3.81. The van der Waals surface area contributed by atoms with Gasteiger partial charge in [0.15, 0.2) is 0 Å². The highest BCUT2D eigenvalue weighted by Gasteiger charge is 2.23. The molecule has 1 heterocycles. The van der Waals surface area contributed by atoms with Crippen LogP contribution in [0.2, 0.25) is 0 Å². The molecule has 0 radical (unpaired) electrons. The predicted molar refractivity (Wildman–Crippen MR) is 73.4 cm³/mol. The van der Waals surface area contributed by atoms with Crippen LogP contribution in [0.1, 0.15) is 32.3 Å². The summed E-state index contributed by atoms with van der Waals surface area (Å²) in [4.78, 5) is 0. The second kappa shape index (κ2) is 5.01. The zero-order chi connectivity index (χ0) is 12.3. The summed E-state index contributed by atoms with van der Waals surface area (Å²) in [5.74, 6) is 2.43. The van der Waals surface area contributed by atoms with Crippen molar-refractivity contribution in [2.45, 2.75) is 26.7 Å². The van der Waals surface area contributed by atoms with Crippen LogP contribution < -0.4 is 0 Å². The number of nitriles is 1. The van der Waals surface area contributed by atoms with Crippen LogP contribution in [0.3, 0.4) is 0 Å². The zero-order valence-electron chi connectivity index (χ0n) is 10.4. The molecule has 3 heteroatoms. The summed E-state index contributed by atoms with van der Waals surface area (Å²) < 4.78 is 4.78. The number of hydrogen-bond donors (Lipinski definition) is 0. The van der Waals surface area contributed by atoms with Crippen LogP contribution in [0.25, 0.3) is 0 Å². The summed E-state index contributed by atoms with van der Waals surface area (Å²) >= 11 is 0. The van der Waals surface area contributed by atoms with Crippen molar-refractivity contribution in [2.24, 2.45) is 9.78 Å². The van der Waals surface area contributed by atoms with Crippen molar-refractivity contribution in [3.05, 3.63) is 29.8 Å². The van der Waals surface area contributed by atoms with Gasteiger partial charge in [-0.05, 0) is 42.5 Å². The second-order valence-electron chi connectivity index (χ2n) is 5.28. The van der Waals surface area contributed by atoms with E-state index in [2.05, 4.69) is 19.9 Å². The van der Waals surface area contributed by atoms with E-state index < -0.39 is 0 Å². The summed E-state index contributed by atoms with van der Waals surface area (Å²) in [7, 11) is 0.191. The van der Waals surface area contributed by atoms with E-state index in [0.717, 1.165) is 5.69 Å². The van der Waals surface area contributed by atoms with Crippen molar-refractivity contribution >= 4 is 16.4 Å². The van der Waals surface area contributed by atoms with Gasteiger partial charge in [-0.1, -0.05) is 24.5 Å². The van der Waals surface area contributed by atoms with Gasteiger partial charge < -0.3 is 0 Å². The molecule has 90 valence electrons. The van der Waals surface area contributed by atoms with Crippen LogP contribution >= 0.6 is 0 Å². The fourth-order valence-corrected chi connectivity index (χ4v) is 4.24. The number of benzene rings is 1. The largest absolute Gasteiger partial charge is 0.228 e. The summed E-state index contributed by atoms with van der Waals surface area (Å²) in [6.07, 6.45) is 2.55. The molecule has 0 aliphatic carbocycles. The van der Waals surface area contributed by atoms with Crippen molar-refractivity contribution in [3.63, 3.8) is 0 Å². The molecule has 0 amide bonds. The Kier molecular flexibility index (Phi) is 3.63. The Labute approximate surface area is 106 Å². The van der Waals surface area contributed by atoms with Gasteiger partial charge >= 0.3 is 0 Å². The molecule has 2 nitrogen and oxygen atoms in total. The number of hydrogen-bond acceptors (Lipinski definition) is 2. The van der Waals surface area contributed by atoms with Crippen LogP contribution in [0.4, 0.5) is 5.69 Å². The molecule has 2 rings (SSSR count). The lowest BCUT2D eigenvalue weighted by molar-refractivity contribution is 0.335. The maximum absolute atomic E-state index is 8.73. The monoisotopic (exact) mass is 246 g/mol. The van der Waals surface area contributed by atoms with Crippen molar-refractivity contribution in [1.29, 1.82) is 5.26 Å². The Balaban J connectivity index is 2.07. The third kappa shape index (κ3) is 3.41. The fraction of sp³-hybridized carbons (Fsp3) is 0.500. The van der Waals surface area contributed by atoms with Gasteiger partial charge in [-0.3, -0.25) is 0 Å². The highest BCUT2D eigenvalue weighted by atomic mass is 32.2. The van der Waals surface area contributed by atoms with Crippen molar-refractivity contribution in [3.8, 4) is 6.07 Å². The molecular weight excluding hydrogens is 228 g/mol. The van der Waals surface area contributed by atoms with Crippen LogP contribution in [0.5, 0.6) is 0 Å². The zero-order valence-corrected chi connectivity index (χ0v) is 11.3. The minimum atomic E-state index is 0.191. The summed E-state index contributed by atoms with van der Waals surface area (Å²) in [5.41, 5.74) is 2.23. The first kappa shape index (κ1) is 12.3. The Morgan fingerprint density at radius 3 is 2.29 bits per heavy atom. The molecule has 0 bridgehead atoms. The van der Waals surface area contributed by atoms with Gasteiger partial charge in [0.2, 0.25) is 0 Å². The summed E-state index contributed by atoms with van der Waals surface area (Å²) in [6, 6.07) is 9.72. The quantitative estimate of drug-likeness (QED) is 0.742. The van der Waals surface area contributed by atoms with E-state index in [1.165, 1.54) is 24.3 Å². The van der Waals surface area contributed by atoms with Crippen LogP contribution in [-0.4, -0.2) is 11.5 Å². The van der Waals surface area contributed by atoms with Crippen LogP contribution in [-0.2, 0) is 10.7 Å². The molecule has 17 heavy (non-hydrogen) atoms. The standard InChI is InChI=1S/C14H18N2S/c1-14(2)7-9-17(10-8-14)16-13-5-3-12(11-15)4-6-13/h3-6H,7-10H2,1-2H3. The molecule has 1 aliphatic heterocycles. The lowest BCUT2D eigenvalue weighted by Gasteiger charge is -2.30. The molecule has 1 aromatic rings. The fourth-order valence-electron chi connectivity index (χ4n) is 1.85. The lowest BCUT2D eigenvalue weighted by atomic mass is 9.87. The third-order valence-electron chi connectivity index (χ3n) is 3.26. The van der Waals surface area contributed by atoms with Gasteiger partial charge in [-0.25, -0.2) is 4.36 Å². The average molecular weight is 246 g/mol. The Bertz CT molecular complexity index is 454. The number of nitrogens with zero attached hydrogens (tertiary/aromatic N) is 2. The number of rotatable bonds is 1. The van der Waals surface area contributed by atoms with Gasteiger partial charge in [-0.15, -0.1) is 0 Å². The van der Waals surface area contributed by atoms with Crippen molar-refractivity contribution < 1.29 is 0 Å². The van der Waals surface area contributed by atoms with Crippen molar-refractivity contribution in [2.75, 3.05) is 11.5 Å². The minimum absolute atomic E-state index is 0.191. The first-order valence-corrected chi connectivity index (χ1v) is 7.51. The molecule has 0 spiro atoms. The molecule has 0 aromatic heterocycles. The highest BCUT2D eigenvalue weighted by molar-refractivity contribution is 7.87. The van der Waals surface area contributed by atoms with Crippen LogP contribution in [0, 0.1) is 16.7 Å². The third-order valence-corrected chi connectivity index (χ3v) is 5.08. The molecule has 1 saturated heterocycles. The maximum Gasteiger partial charge on any atom is 0.0991 e. The Morgan fingerprint density at radius 2 is 1.76 bits per heavy atom. The van der Waals surface area contributed by atoms with Crippen LogP contribution in [0.15, 0.2) is 28.6 Å². The van der Waals surface area contributed by atoms with Gasteiger partial charge in [0.1, 0.15) is 0 Å². The van der Waals surface area contributed by atoms with E-state index in [1.54, 1.807) is 0 Å². The molecular formula is C14H18N2S.